The van der Waals surface area contributed by atoms with Crippen LogP contribution in [0, 0.1) is 57.2 Å². The first-order valence-electron chi connectivity index (χ1n) is 17.8. The van der Waals surface area contributed by atoms with Gasteiger partial charge in [-0.3, -0.25) is 0 Å². The van der Waals surface area contributed by atoms with Gasteiger partial charge in [0.15, 0.2) is 0 Å². The molecule has 3 atom stereocenters. The Hall–Kier alpha value is -6.86. The summed E-state index contributed by atoms with van der Waals surface area (Å²) in [5.74, 6) is 0.439. The maximum Gasteiger partial charge on any atom is 0.0994 e. The smallest absolute Gasteiger partial charge is 0.0994 e. The molecular formula is C46H32N6. The molecule has 3 aromatic carbocycles. The van der Waals surface area contributed by atoms with Crippen LogP contribution in [-0.2, 0) is 0 Å². The van der Waals surface area contributed by atoms with Crippen LogP contribution in [0.4, 0.5) is 0 Å². The molecule has 0 saturated carbocycles. The number of benzene rings is 3. The summed E-state index contributed by atoms with van der Waals surface area (Å²) in [4.78, 5) is 2.58. The van der Waals surface area contributed by atoms with Crippen molar-refractivity contribution in [3.63, 3.8) is 0 Å². The van der Waals surface area contributed by atoms with E-state index in [9.17, 15) is 21.0 Å². The van der Waals surface area contributed by atoms with Crippen LogP contribution in [0.2, 0.25) is 0 Å². The Bertz CT molecular complexity index is 2600. The minimum atomic E-state index is 0.0448. The van der Waals surface area contributed by atoms with E-state index in [0.717, 1.165) is 70.7 Å². The fourth-order valence-electron chi connectivity index (χ4n) is 8.86. The van der Waals surface area contributed by atoms with Gasteiger partial charge in [-0.15, -0.1) is 0 Å². The first kappa shape index (κ1) is 31.1. The molecule has 0 saturated heterocycles. The number of hydrogen-bond donors (Lipinski definition) is 0. The Morgan fingerprint density at radius 2 is 1.40 bits per heavy atom. The highest BCUT2D eigenvalue weighted by atomic mass is 15.2. The molecule has 9 rings (SSSR count). The van der Waals surface area contributed by atoms with E-state index >= 15 is 0 Å². The van der Waals surface area contributed by atoms with Gasteiger partial charge < -0.3 is 9.47 Å². The number of aromatic nitrogens is 1. The van der Waals surface area contributed by atoms with E-state index in [2.05, 4.69) is 94.5 Å². The largest absolute Gasteiger partial charge is 0.337 e. The molecule has 5 aliphatic rings. The Balaban J connectivity index is 1.13. The molecule has 2 heterocycles. The summed E-state index contributed by atoms with van der Waals surface area (Å²) >= 11 is 0. The van der Waals surface area contributed by atoms with Gasteiger partial charge in [-0.1, -0.05) is 54.7 Å². The molecule has 0 spiro atoms. The predicted molar refractivity (Wildman–Crippen MR) is 203 cm³/mol. The molecule has 1 aromatic heterocycles. The van der Waals surface area contributed by atoms with Crippen LogP contribution in [0.15, 0.2) is 143 Å². The summed E-state index contributed by atoms with van der Waals surface area (Å²) in [6.07, 6.45) is 27.4. The van der Waals surface area contributed by atoms with Gasteiger partial charge in [-0.05, 0) is 115 Å². The minimum absolute atomic E-state index is 0.0448. The number of nitrogens with zero attached hydrogens (tertiary/aromatic N) is 6. The van der Waals surface area contributed by atoms with Crippen molar-refractivity contribution in [2.75, 3.05) is 0 Å². The van der Waals surface area contributed by atoms with Gasteiger partial charge in [0, 0.05) is 39.7 Å². The third-order valence-electron chi connectivity index (χ3n) is 11.1. The molecule has 0 fully saturated rings. The van der Waals surface area contributed by atoms with Crippen molar-refractivity contribution in [3.8, 4) is 30.0 Å². The Labute approximate surface area is 302 Å². The lowest BCUT2D eigenvalue weighted by Gasteiger charge is -2.36. The maximum atomic E-state index is 10.6. The molecule has 3 unspecified atom stereocenters. The van der Waals surface area contributed by atoms with Crippen LogP contribution in [0.25, 0.3) is 33.1 Å². The van der Waals surface area contributed by atoms with E-state index in [1.807, 2.05) is 42.5 Å². The van der Waals surface area contributed by atoms with Crippen molar-refractivity contribution in [1.29, 1.82) is 21.0 Å². The third-order valence-corrected chi connectivity index (χ3v) is 11.1. The van der Waals surface area contributed by atoms with Crippen molar-refractivity contribution in [2.24, 2.45) is 11.8 Å². The zero-order valence-corrected chi connectivity index (χ0v) is 28.4. The second-order valence-corrected chi connectivity index (χ2v) is 13.9. The van der Waals surface area contributed by atoms with E-state index in [0.29, 0.717) is 28.2 Å². The second kappa shape index (κ2) is 12.5. The summed E-state index contributed by atoms with van der Waals surface area (Å²) in [6.45, 7) is 0. The van der Waals surface area contributed by atoms with Gasteiger partial charge in [-0.2, -0.15) is 21.0 Å². The first-order valence-corrected chi connectivity index (χ1v) is 17.8. The van der Waals surface area contributed by atoms with Gasteiger partial charge in [0.1, 0.15) is 0 Å². The Morgan fingerprint density at radius 1 is 0.692 bits per heavy atom. The van der Waals surface area contributed by atoms with Gasteiger partial charge in [0.25, 0.3) is 0 Å². The Morgan fingerprint density at radius 3 is 2.13 bits per heavy atom. The van der Waals surface area contributed by atoms with Crippen LogP contribution in [0.1, 0.15) is 54.4 Å². The molecule has 0 bridgehead atoms. The second-order valence-electron chi connectivity index (χ2n) is 13.9. The number of hydrogen-bond acceptors (Lipinski definition) is 5. The van der Waals surface area contributed by atoms with E-state index in [-0.39, 0.29) is 12.0 Å². The highest BCUT2D eigenvalue weighted by Crippen LogP contribution is 2.48. The number of rotatable bonds is 4. The Kier molecular flexibility index (Phi) is 7.47. The normalized spacial score (nSPS) is 21.7. The summed E-state index contributed by atoms with van der Waals surface area (Å²) in [5, 5.41) is 41.9. The summed E-state index contributed by atoms with van der Waals surface area (Å²) in [7, 11) is 0. The third kappa shape index (κ3) is 4.89. The van der Waals surface area contributed by atoms with Gasteiger partial charge in [0.05, 0.1) is 63.6 Å². The molecule has 0 amide bonds. The lowest BCUT2D eigenvalue weighted by atomic mass is 9.80. The first-order chi connectivity index (χ1) is 25.6. The lowest BCUT2D eigenvalue weighted by Crippen LogP contribution is -2.34. The van der Waals surface area contributed by atoms with Crippen LogP contribution in [0.3, 0.4) is 0 Å². The summed E-state index contributed by atoms with van der Waals surface area (Å²) < 4.78 is 2.07. The summed E-state index contributed by atoms with van der Waals surface area (Å²) in [6, 6.07) is 26.4. The molecule has 6 nitrogen and oxygen atoms in total. The topological polar surface area (TPSA) is 103 Å². The van der Waals surface area contributed by atoms with Gasteiger partial charge in [0.2, 0.25) is 0 Å². The SMILES string of the molecule is N#CC1=CC(C2=C(N3C4=C(CCC=C4)C4C=CC=CC43)CCC=C2)CC=C1c1cc(C#N)cc(-n2c3ccc(C#N)cc3c3cc(C#N)ccc32)c1. The average Bonchev–Trinajstić information content (AvgIpc) is 3.72. The number of allylic oxidation sites excluding steroid dienone is 12. The van der Waals surface area contributed by atoms with Crippen LogP contribution in [0.5, 0.6) is 0 Å². The summed E-state index contributed by atoms with van der Waals surface area (Å²) in [5.41, 5.74) is 11.7. The van der Waals surface area contributed by atoms with Crippen molar-refractivity contribution >= 4 is 27.4 Å². The van der Waals surface area contributed by atoms with Crippen molar-refractivity contribution in [1.82, 2.24) is 9.47 Å². The zero-order chi connectivity index (χ0) is 35.3. The molecule has 0 N–H and O–H groups in total. The van der Waals surface area contributed by atoms with Gasteiger partial charge in [-0.25, -0.2) is 0 Å². The van der Waals surface area contributed by atoms with E-state index < -0.39 is 0 Å². The zero-order valence-electron chi connectivity index (χ0n) is 28.4. The molecular weight excluding hydrogens is 637 g/mol. The van der Waals surface area contributed by atoms with Crippen LogP contribution in [-0.4, -0.2) is 15.5 Å². The fraction of sp³-hybridized carbons (Fsp3) is 0.174. The molecule has 0 radical (unpaired) electrons. The van der Waals surface area contributed by atoms with Crippen molar-refractivity contribution in [2.45, 2.75) is 38.1 Å². The fourth-order valence-corrected chi connectivity index (χ4v) is 8.86. The molecule has 1 aliphatic heterocycles. The lowest BCUT2D eigenvalue weighted by molar-refractivity contribution is 0.352. The van der Waals surface area contributed by atoms with E-state index in [1.54, 1.807) is 12.1 Å². The predicted octanol–water partition coefficient (Wildman–Crippen LogP) is 9.89. The highest BCUT2D eigenvalue weighted by Gasteiger charge is 2.41. The van der Waals surface area contributed by atoms with Crippen LogP contribution >= 0.6 is 0 Å². The minimum Gasteiger partial charge on any atom is -0.337 e. The number of fused-ring (bicyclic) bond motifs is 5. The highest BCUT2D eigenvalue weighted by molar-refractivity contribution is 6.10. The van der Waals surface area contributed by atoms with E-state index in [1.165, 1.54) is 22.5 Å². The standard InChI is InChI=1S/C46H32N6/c47-25-29-13-17-45-40(21-29)41-22-30(26-48)14-18-46(41)51(45)35-20-31(27-49)19-33(24-35)36-16-15-32(23-34(36)28-50)37-7-1-4-10-42(37)52-43-11-5-2-8-38(43)39-9-3-6-12-44(39)52/h1-2,5-8,11-14,16-24,32,38,43H,3-4,9-10,15H2. The quantitative estimate of drug-likeness (QED) is 0.215. The molecule has 52 heavy (non-hydrogen) atoms. The number of nitriles is 4. The maximum absolute atomic E-state index is 10.6. The molecule has 4 aliphatic carbocycles. The van der Waals surface area contributed by atoms with Crippen molar-refractivity contribution in [3.05, 3.63) is 166 Å². The average molecular weight is 669 g/mol. The molecule has 246 valence electrons. The molecule has 6 heteroatoms. The van der Waals surface area contributed by atoms with Crippen LogP contribution < -0.4 is 0 Å². The van der Waals surface area contributed by atoms with E-state index in [4.69, 9.17) is 0 Å². The van der Waals surface area contributed by atoms with Gasteiger partial charge >= 0.3 is 0 Å². The monoisotopic (exact) mass is 668 g/mol. The molecule has 4 aromatic rings. The van der Waals surface area contributed by atoms with Crippen molar-refractivity contribution < 1.29 is 0 Å².